The first kappa shape index (κ1) is 19.1. The predicted octanol–water partition coefficient (Wildman–Crippen LogP) is 3.85. The largest absolute Gasteiger partial charge is 0.336 e. The lowest BCUT2D eigenvalue weighted by molar-refractivity contribution is 0.0742. The van der Waals surface area contributed by atoms with Crippen LogP contribution >= 0.6 is 0 Å². The van der Waals surface area contributed by atoms with Gasteiger partial charge < -0.3 is 9.47 Å². The molecule has 1 saturated heterocycles. The second-order valence-corrected chi connectivity index (χ2v) is 8.15. The number of aromatic amines is 1. The molecule has 0 spiro atoms. The van der Waals surface area contributed by atoms with E-state index in [-0.39, 0.29) is 11.9 Å². The number of hydrogen-bond donors (Lipinski definition) is 1. The van der Waals surface area contributed by atoms with E-state index in [0.29, 0.717) is 23.6 Å². The number of likely N-dealkylation sites (tertiary alicyclic amines) is 1. The number of benzene rings is 2. The maximum atomic E-state index is 13.1. The molecule has 5 rings (SSSR count). The average Bonchev–Trinajstić information content (AvgIpc) is 3.54. The highest BCUT2D eigenvalue weighted by Gasteiger charge is 2.34. The first-order valence-corrected chi connectivity index (χ1v) is 10.4. The fraction of sp³-hybridized carbons (Fsp3) is 0.250. The molecule has 0 saturated carbocycles. The van der Waals surface area contributed by atoms with Crippen LogP contribution in [0.1, 0.15) is 29.3 Å². The first-order chi connectivity index (χ1) is 15.1. The highest BCUT2D eigenvalue weighted by Crippen LogP contribution is 2.29. The average molecular weight is 410 g/mol. The van der Waals surface area contributed by atoms with E-state index in [2.05, 4.69) is 50.9 Å². The number of nitrogens with one attached hydrogen (secondary N) is 1. The van der Waals surface area contributed by atoms with Crippen molar-refractivity contribution in [1.82, 2.24) is 24.6 Å². The fourth-order valence-electron chi connectivity index (χ4n) is 4.56. The summed E-state index contributed by atoms with van der Waals surface area (Å²) in [5.74, 6) is 0.270. The summed E-state index contributed by atoms with van der Waals surface area (Å²) in [5, 5.41) is 16.2. The molecule has 0 bridgehead atoms. The molecule has 2 aromatic carbocycles. The number of nitriles is 1. The van der Waals surface area contributed by atoms with Crippen molar-refractivity contribution in [2.24, 2.45) is 5.92 Å². The fourth-order valence-corrected chi connectivity index (χ4v) is 4.56. The van der Waals surface area contributed by atoms with Crippen LogP contribution in [0.3, 0.4) is 0 Å². The van der Waals surface area contributed by atoms with Crippen LogP contribution in [0.2, 0.25) is 0 Å². The quantitative estimate of drug-likeness (QED) is 0.553. The predicted molar refractivity (Wildman–Crippen MR) is 117 cm³/mol. The van der Waals surface area contributed by atoms with E-state index < -0.39 is 0 Å². The van der Waals surface area contributed by atoms with Gasteiger partial charge >= 0.3 is 0 Å². The zero-order valence-corrected chi connectivity index (χ0v) is 17.2. The van der Waals surface area contributed by atoms with Crippen molar-refractivity contribution in [3.05, 3.63) is 72.3 Å². The third-order valence-electron chi connectivity index (χ3n) is 6.11. The van der Waals surface area contributed by atoms with Gasteiger partial charge in [-0.2, -0.15) is 10.4 Å². The molecule has 0 aliphatic carbocycles. The van der Waals surface area contributed by atoms with Crippen molar-refractivity contribution in [1.29, 1.82) is 5.26 Å². The number of amides is 1. The van der Waals surface area contributed by atoms with Crippen LogP contribution in [-0.2, 0) is 6.54 Å². The number of nitrogens with zero attached hydrogens (tertiary/aromatic N) is 5. The van der Waals surface area contributed by atoms with Crippen LogP contribution in [0.25, 0.3) is 22.2 Å². The molecule has 0 unspecified atom stereocenters. The number of hydrogen-bond acceptors (Lipinski definition) is 4. The molecule has 4 aromatic rings. The topological polar surface area (TPSA) is 90.6 Å². The summed E-state index contributed by atoms with van der Waals surface area (Å²) in [4.78, 5) is 19.6. The van der Waals surface area contributed by atoms with E-state index in [1.54, 1.807) is 24.4 Å². The molecular formula is C24H22N6O. The van der Waals surface area contributed by atoms with Gasteiger partial charge in [0, 0.05) is 30.9 Å². The Balaban J connectivity index is 1.34. The van der Waals surface area contributed by atoms with Gasteiger partial charge in [-0.1, -0.05) is 18.2 Å². The van der Waals surface area contributed by atoms with Gasteiger partial charge in [0.05, 0.1) is 40.8 Å². The lowest BCUT2D eigenvalue weighted by atomic mass is 10.1. The molecule has 7 heteroatoms. The van der Waals surface area contributed by atoms with Gasteiger partial charge in [-0.25, -0.2) is 4.98 Å². The van der Waals surface area contributed by atoms with Gasteiger partial charge in [-0.05, 0) is 49.1 Å². The number of fused-ring (bicyclic) bond motifs is 1. The van der Waals surface area contributed by atoms with E-state index in [4.69, 9.17) is 0 Å². The number of imidazole rings is 1. The second-order valence-electron chi connectivity index (χ2n) is 8.15. The van der Waals surface area contributed by atoms with Crippen molar-refractivity contribution < 1.29 is 4.79 Å². The summed E-state index contributed by atoms with van der Waals surface area (Å²) in [6, 6.07) is 15.5. The smallest absolute Gasteiger partial charge is 0.255 e. The van der Waals surface area contributed by atoms with Gasteiger partial charge in [-0.3, -0.25) is 9.89 Å². The molecule has 2 aromatic heterocycles. The Morgan fingerprint density at radius 1 is 1.26 bits per heavy atom. The molecule has 154 valence electrons. The minimum atomic E-state index is -0.0626. The third kappa shape index (κ3) is 3.46. The summed E-state index contributed by atoms with van der Waals surface area (Å²) in [5.41, 5.74) is 5.05. The van der Waals surface area contributed by atoms with E-state index >= 15 is 0 Å². The summed E-state index contributed by atoms with van der Waals surface area (Å²) >= 11 is 0. The number of rotatable bonds is 4. The summed E-state index contributed by atoms with van der Waals surface area (Å²) in [7, 11) is 0. The van der Waals surface area contributed by atoms with Gasteiger partial charge in [0.15, 0.2) is 0 Å². The molecule has 1 amide bonds. The van der Waals surface area contributed by atoms with Gasteiger partial charge in [0.25, 0.3) is 5.91 Å². The zero-order chi connectivity index (χ0) is 21.4. The summed E-state index contributed by atoms with van der Waals surface area (Å²) in [6.45, 7) is 3.55. The number of H-pyrrole nitrogens is 1. The Morgan fingerprint density at radius 3 is 2.94 bits per heavy atom. The van der Waals surface area contributed by atoms with E-state index in [1.165, 1.54) is 0 Å². The van der Waals surface area contributed by atoms with Gasteiger partial charge in [-0.15, -0.1) is 0 Å². The number of carbonyl (C=O) groups is 1. The van der Waals surface area contributed by atoms with Crippen molar-refractivity contribution in [3.8, 4) is 17.2 Å². The van der Waals surface area contributed by atoms with E-state index in [9.17, 15) is 10.1 Å². The van der Waals surface area contributed by atoms with Crippen LogP contribution in [0.5, 0.6) is 0 Å². The Hall–Kier alpha value is -3.92. The zero-order valence-electron chi connectivity index (χ0n) is 17.2. The normalized spacial score (nSPS) is 18.4. The Bertz CT molecular complexity index is 1280. The standard InChI is InChI=1S/C24H22N6O/c1-16-8-17(14-30(16)24(31)21-5-3-2-4-19(21)10-25)13-29-15-26-22-9-18(6-7-23(22)29)20-11-27-28-12-20/h2-7,9,11-12,15-17H,8,13-14H2,1H3,(H,27,28)/t16-,17-/m1/s1. The van der Waals surface area contributed by atoms with E-state index in [0.717, 1.165) is 35.1 Å². The summed E-state index contributed by atoms with van der Waals surface area (Å²) < 4.78 is 2.17. The Kier molecular flexibility index (Phi) is 4.75. The minimum absolute atomic E-state index is 0.0626. The maximum Gasteiger partial charge on any atom is 0.255 e. The monoisotopic (exact) mass is 410 g/mol. The van der Waals surface area contributed by atoms with Crippen LogP contribution in [0, 0.1) is 17.2 Å². The molecule has 3 heterocycles. The highest BCUT2D eigenvalue weighted by molar-refractivity contribution is 5.97. The summed E-state index contributed by atoms with van der Waals surface area (Å²) in [6.07, 6.45) is 6.47. The van der Waals surface area contributed by atoms with Crippen molar-refractivity contribution in [2.75, 3.05) is 6.54 Å². The van der Waals surface area contributed by atoms with Crippen molar-refractivity contribution in [2.45, 2.75) is 25.9 Å². The lowest BCUT2D eigenvalue weighted by Crippen LogP contribution is -2.34. The second kappa shape index (κ2) is 7.73. The molecule has 2 atom stereocenters. The number of aromatic nitrogens is 4. The molecule has 1 fully saturated rings. The molecule has 1 aliphatic heterocycles. The maximum absolute atomic E-state index is 13.1. The first-order valence-electron chi connectivity index (χ1n) is 10.4. The van der Waals surface area contributed by atoms with Gasteiger partial charge in [0.2, 0.25) is 0 Å². The molecule has 7 nitrogen and oxygen atoms in total. The lowest BCUT2D eigenvalue weighted by Gasteiger charge is -2.22. The highest BCUT2D eigenvalue weighted by atomic mass is 16.2. The molecule has 31 heavy (non-hydrogen) atoms. The van der Waals surface area contributed by atoms with Crippen LogP contribution in [0.4, 0.5) is 0 Å². The van der Waals surface area contributed by atoms with Crippen LogP contribution in [-0.4, -0.2) is 43.1 Å². The van der Waals surface area contributed by atoms with Gasteiger partial charge in [0.1, 0.15) is 0 Å². The van der Waals surface area contributed by atoms with Crippen LogP contribution < -0.4 is 0 Å². The van der Waals surface area contributed by atoms with E-state index in [1.807, 2.05) is 23.5 Å². The van der Waals surface area contributed by atoms with Crippen molar-refractivity contribution in [3.63, 3.8) is 0 Å². The molecule has 1 aliphatic rings. The molecular weight excluding hydrogens is 388 g/mol. The molecule has 0 radical (unpaired) electrons. The minimum Gasteiger partial charge on any atom is -0.336 e. The number of carbonyl (C=O) groups excluding carboxylic acids is 1. The van der Waals surface area contributed by atoms with Crippen LogP contribution in [0.15, 0.2) is 61.2 Å². The SMILES string of the molecule is C[C@@H]1C[C@H](Cn2cnc3cc(-c4cn[nH]c4)ccc32)CN1C(=O)c1ccccc1C#N. The Labute approximate surface area is 179 Å². The Morgan fingerprint density at radius 2 is 2.13 bits per heavy atom. The third-order valence-corrected chi connectivity index (χ3v) is 6.11. The van der Waals surface area contributed by atoms with Crippen molar-refractivity contribution >= 4 is 16.9 Å². The molecule has 1 N–H and O–H groups in total.